The number of nitrogens with one attached hydrogen (secondary N) is 1. The highest BCUT2D eigenvalue weighted by molar-refractivity contribution is 7.86. The summed E-state index contributed by atoms with van der Waals surface area (Å²) in [5.74, 6) is -1.10. The summed E-state index contributed by atoms with van der Waals surface area (Å²) in [6, 6.07) is 12.4. The SMILES string of the molecule is COc1ccc(F)c(NCc2cccc(C(N)=O)c2)c1/C(N)=N/S(=O)c1ccc(Cl)s1. The molecule has 3 aromatic rings. The Morgan fingerprint density at radius 1 is 1.26 bits per heavy atom. The fourth-order valence-electron chi connectivity index (χ4n) is 2.75. The molecule has 0 spiro atoms. The van der Waals surface area contributed by atoms with Gasteiger partial charge in [0.1, 0.15) is 21.6 Å². The van der Waals surface area contributed by atoms with Gasteiger partial charge in [0.25, 0.3) is 0 Å². The van der Waals surface area contributed by atoms with Gasteiger partial charge in [-0.1, -0.05) is 23.7 Å². The number of hydrogen-bond acceptors (Lipinski definition) is 5. The molecule has 5 N–H and O–H groups in total. The molecule has 1 atom stereocenters. The van der Waals surface area contributed by atoms with Crippen molar-refractivity contribution < 1.29 is 18.1 Å². The van der Waals surface area contributed by atoms with Crippen LogP contribution in [0.15, 0.2) is 57.1 Å². The molecule has 0 aliphatic heterocycles. The van der Waals surface area contributed by atoms with Crippen molar-refractivity contribution in [2.75, 3.05) is 12.4 Å². The third-order valence-electron chi connectivity index (χ3n) is 4.18. The molecule has 0 aliphatic rings. The molecule has 1 amide bonds. The monoisotopic (exact) mass is 480 g/mol. The molecule has 0 fully saturated rings. The Hall–Kier alpha value is -2.95. The van der Waals surface area contributed by atoms with Crippen molar-refractivity contribution in [3.63, 3.8) is 0 Å². The first-order valence-corrected chi connectivity index (χ1v) is 11.1. The first-order chi connectivity index (χ1) is 14.8. The average molecular weight is 481 g/mol. The van der Waals surface area contributed by atoms with Crippen molar-refractivity contribution in [2.24, 2.45) is 15.9 Å². The zero-order valence-electron chi connectivity index (χ0n) is 16.2. The van der Waals surface area contributed by atoms with Crippen molar-refractivity contribution in [1.29, 1.82) is 0 Å². The van der Waals surface area contributed by atoms with Crippen LogP contribution < -0.4 is 21.5 Å². The number of ether oxygens (including phenoxy) is 1. The molecule has 1 aromatic heterocycles. The summed E-state index contributed by atoms with van der Waals surface area (Å²) in [6.45, 7) is 0.162. The van der Waals surface area contributed by atoms with E-state index in [1.165, 1.54) is 19.2 Å². The summed E-state index contributed by atoms with van der Waals surface area (Å²) < 4.78 is 37.4. The van der Waals surface area contributed by atoms with E-state index in [9.17, 15) is 13.4 Å². The van der Waals surface area contributed by atoms with E-state index in [1.807, 2.05) is 0 Å². The lowest BCUT2D eigenvalue weighted by molar-refractivity contribution is 0.1000. The van der Waals surface area contributed by atoms with Gasteiger partial charge in [-0.05, 0) is 42.0 Å². The predicted molar refractivity (Wildman–Crippen MR) is 122 cm³/mol. The van der Waals surface area contributed by atoms with Crippen LogP contribution in [0.5, 0.6) is 5.75 Å². The molecule has 3 rings (SSSR count). The number of carbonyl (C=O) groups is 1. The number of amides is 1. The summed E-state index contributed by atoms with van der Waals surface area (Å²) in [6.07, 6.45) is 0. The van der Waals surface area contributed by atoms with Crippen molar-refractivity contribution in [3.05, 3.63) is 75.4 Å². The van der Waals surface area contributed by atoms with Gasteiger partial charge < -0.3 is 21.5 Å². The normalized spacial score (nSPS) is 12.4. The minimum atomic E-state index is -1.83. The Morgan fingerprint density at radius 3 is 2.68 bits per heavy atom. The molecular formula is C20H18ClFN4O3S2. The highest BCUT2D eigenvalue weighted by Gasteiger charge is 2.19. The Bertz CT molecular complexity index is 1180. The molecule has 0 radical (unpaired) electrons. The minimum absolute atomic E-state index is 0.0197. The molecule has 1 heterocycles. The molecule has 0 aliphatic carbocycles. The fraction of sp³-hybridized carbons (Fsp3) is 0.100. The number of halogens is 2. The molecule has 1 unspecified atom stereocenters. The number of benzene rings is 2. The lowest BCUT2D eigenvalue weighted by Gasteiger charge is -2.16. The van der Waals surface area contributed by atoms with Crippen LogP contribution in [0.1, 0.15) is 21.5 Å². The topological polar surface area (TPSA) is 120 Å². The summed E-state index contributed by atoms with van der Waals surface area (Å²) in [4.78, 5) is 11.4. The van der Waals surface area contributed by atoms with Gasteiger partial charge in [0.15, 0.2) is 11.0 Å². The van der Waals surface area contributed by atoms with Crippen LogP contribution in [0.4, 0.5) is 10.1 Å². The number of amidine groups is 1. The second kappa shape index (κ2) is 9.90. The molecule has 2 aromatic carbocycles. The third-order valence-corrected chi connectivity index (χ3v) is 6.72. The molecule has 7 nitrogen and oxygen atoms in total. The number of carbonyl (C=O) groups excluding carboxylic acids is 1. The number of rotatable bonds is 8. The van der Waals surface area contributed by atoms with Gasteiger partial charge in [-0.25, -0.2) is 8.60 Å². The van der Waals surface area contributed by atoms with Gasteiger partial charge in [0.2, 0.25) is 5.91 Å². The Kier molecular flexibility index (Phi) is 7.26. The Morgan fingerprint density at radius 2 is 2.03 bits per heavy atom. The number of methoxy groups -OCH3 is 1. The first kappa shape index (κ1) is 22.7. The van der Waals surface area contributed by atoms with E-state index in [4.69, 9.17) is 27.8 Å². The van der Waals surface area contributed by atoms with Crippen LogP contribution in [-0.2, 0) is 17.5 Å². The second-order valence-electron chi connectivity index (χ2n) is 6.20. The molecule has 0 saturated carbocycles. The zero-order chi connectivity index (χ0) is 22.5. The Labute approximate surface area is 189 Å². The fourth-order valence-corrected chi connectivity index (χ4v) is 4.88. The number of thiophene rings is 1. The van der Waals surface area contributed by atoms with Crippen LogP contribution >= 0.6 is 22.9 Å². The van der Waals surface area contributed by atoms with E-state index in [-0.39, 0.29) is 29.4 Å². The maximum atomic E-state index is 14.7. The number of nitrogens with zero attached hydrogens (tertiary/aromatic N) is 1. The van der Waals surface area contributed by atoms with Crippen molar-refractivity contribution in [1.82, 2.24) is 0 Å². The van der Waals surface area contributed by atoms with Gasteiger partial charge in [-0.15, -0.1) is 11.3 Å². The minimum Gasteiger partial charge on any atom is -0.496 e. The van der Waals surface area contributed by atoms with E-state index in [2.05, 4.69) is 9.71 Å². The van der Waals surface area contributed by atoms with Gasteiger partial charge in [0, 0.05) is 12.1 Å². The number of primary amides is 1. The molecular weight excluding hydrogens is 463 g/mol. The highest BCUT2D eigenvalue weighted by Crippen LogP contribution is 2.31. The summed E-state index contributed by atoms with van der Waals surface area (Å²) in [5, 5.41) is 2.95. The zero-order valence-corrected chi connectivity index (χ0v) is 18.6. The standard InChI is InChI=1S/C20H18ClFN4O3S2/c1-29-14-6-5-13(22)18(25-10-11-3-2-4-12(9-11)20(24)27)17(14)19(23)26-31(28)16-8-7-15(21)30-16/h2-9,25H,10H2,1H3,(H2,23,26)(H2,24,27). The first-order valence-electron chi connectivity index (χ1n) is 8.81. The van der Waals surface area contributed by atoms with E-state index in [1.54, 1.807) is 36.4 Å². The maximum Gasteiger partial charge on any atom is 0.248 e. The predicted octanol–water partition coefficient (Wildman–Crippen LogP) is 3.69. The maximum absolute atomic E-state index is 14.7. The van der Waals surface area contributed by atoms with Crippen molar-refractivity contribution in [2.45, 2.75) is 10.8 Å². The average Bonchev–Trinajstić information content (AvgIpc) is 3.19. The van der Waals surface area contributed by atoms with Crippen LogP contribution in [0, 0.1) is 5.82 Å². The number of nitrogens with two attached hydrogens (primary N) is 2. The molecule has 162 valence electrons. The van der Waals surface area contributed by atoms with Crippen LogP contribution in [0.25, 0.3) is 0 Å². The molecule has 0 saturated heterocycles. The van der Waals surface area contributed by atoms with Crippen molar-refractivity contribution in [3.8, 4) is 5.75 Å². The van der Waals surface area contributed by atoms with Crippen LogP contribution in [0.3, 0.4) is 0 Å². The lowest BCUT2D eigenvalue weighted by atomic mass is 10.1. The number of anilines is 1. The smallest absolute Gasteiger partial charge is 0.248 e. The van der Waals surface area contributed by atoms with Gasteiger partial charge >= 0.3 is 0 Å². The van der Waals surface area contributed by atoms with Crippen molar-refractivity contribution >= 4 is 51.4 Å². The number of hydrogen-bond donors (Lipinski definition) is 3. The van der Waals surface area contributed by atoms with Gasteiger partial charge in [0.05, 0.1) is 22.7 Å². The highest BCUT2D eigenvalue weighted by atomic mass is 35.5. The largest absolute Gasteiger partial charge is 0.496 e. The molecule has 0 bridgehead atoms. The van der Waals surface area contributed by atoms with Crippen LogP contribution in [0.2, 0.25) is 4.34 Å². The summed E-state index contributed by atoms with van der Waals surface area (Å²) in [7, 11) is -0.424. The lowest BCUT2D eigenvalue weighted by Crippen LogP contribution is -2.19. The van der Waals surface area contributed by atoms with Crippen LogP contribution in [-0.4, -0.2) is 23.1 Å². The molecule has 31 heavy (non-hydrogen) atoms. The summed E-state index contributed by atoms with van der Waals surface area (Å²) >= 11 is 6.98. The summed E-state index contributed by atoms with van der Waals surface area (Å²) in [5.41, 5.74) is 12.6. The third kappa shape index (κ3) is 5.40. The van der Waals surface area contributed by atoms with Gasteiger partial charge in [-0.2, -0.15) is 4.40 Å². The van der Waals surface area contributed by atoms with Gasteiger partial charge in [-0.3, -0.25) is 4.79 Å². The van der Waals surface area contributed by atoms with E-state index in [0.717, 1.165) is 11.3 Å². The molecule has 11 heteroatoms. The van der Waals surface area contributed by atoms with E-state index in [0.29, 0.717) is 19.7 Å². The Balaban J connectivity index is 1.95. The van der Waals surface area contributed by atoms with E-state index < -0.39 is 22.7 Å². The van der Waals surface area contributed by atoms with E-state index >= 15 is 0 Å². The second-order valence-corrected chi connectivity index (χ2v) is 9.30. The quantitative estimate of drug-likeness (QED) is 0.335.